The maximum absolute atomic E-state index is 12.9. The summed E-state index contributed by atoms with van der Waals surface area (Å²) in [6, 6.07) is 16.8. The van der Waals surface area contributed by atoms with Gasteiger partial charge >= 0.3 is 6.09 Å². The van der Waals surface area contributed by atoms with Crippen LogP contribution in [-0.2, 0) is 4.74 Å². The topological polar surface area (TPSA) is 29.5 Å². The van der Waals surface area contributed by atoms with Gasteiger partial charge in [0.05, 0.1) is 0 Å². The minimum atomic E-state index is -0.222. The Kier molecular flexibility index (Phi) is 4.77. The van der Waals surface area contributed by atoms with Crippen molar-refractivity contribution in [2.75, 3.05) is 13.7 Å². The number of carbonyl (C=O) groups excluding carboxylic acids is 1. The normalized spacial score (nSPS) is 17.2. The predicted molar refractivity (Wildman–Crippen MR) is 109 cm³/mol. The molecule has 0 radical (unpaired) electrons. The molecule has 3 nitrogen and oxygen atoms in total. The monoisotopic (exact) mass is 361 g/mol. The molecule has 27 heavy (non-hydrogen) atoms. The van der Waals surface area contributed by atoms with Gasteiger partial charge in [0.25, 0.3) is 0 Å². The predicted octanol–water partition coefficient (Wildman–Crippen LogP) is 5.76. The van der Waals surface area contributed by atoms with Crippen molar-refractivity contribution in [3.63, 3.8) is 0 Å². The van der Waals surface area contributed by atoms with E-state index < -0.39 is 0 Å². The first-order chi connectivity index (χ1) is 13.2. The first-order valence-electron chi connectivity index (χ1n) is 9.86. The van der Waals surface area contributed by atoms with Gasteiger partial charge in [-0.15, -0.1) is 6.58 Å². The molecule has 1 amide bonds. The third kappa shape index (κ3) is 3.05. The summed E-state index contributed by atoms with van der Waals surface area (Å²) in [5.74, 6) is 0.105. The molecule has 0 bridgehead atoms. The van der Waals surface area contributed by atoms with Crippen LogP contribution < -0.4 is 0 Å². The van der Waals surface area contributed by atoms with Crippen LogP contribution in [-0.4, -0.2) is 30.2 Å². The largest absolute Gasteiger partial charge is 0.448 e. The molecule has 2 aliphatic rings. The number of fused-ring (bicyclic) bond motifs is 3. The lowest BCUT2D eigenvalue weighted by Gasteiger charge is -2.37. The fourth-order valence-corrected chi connectivity index (χ4v) is 4.86. The van der Waals surface area contributed by atoms with Crippen molar-refractivity contribution in [1.82, 2.24) is 4.90 Å². The number of benzene rings is 2. The Morgan fingerprint density at radius 2 is 1.67 bits per heavy atom. The van der Waals surface area contributed by atoms with E-state index in [1.807, 2.05) is 18.0 Å². The molecule has 1 fully saturated rings. The number of carbonyl (C=O) groups is 1. The summed E-state index contributed by atoms with van der Waals surface area (Å²) < 4.78 is 5.84. The summed E-state index contributed by atoms with van der Waals surface area (Å²) >= 11 is 0. The Balaban J connectivity index is 1.52. The second-order valence-electron chi connectivity index (χ2n) is 7.79. The molecule has 3 heteroatoms. The average molecular weight is 361 g/mol. The molecule has 0 aromatic heterocycles. The Labute approximate surface area is 161 Å². The fourth-order valence-electron chi connectivity index (χ4n) is 4.86. The number of hydrogen-bond donors (Lipinski definition) is 0. The zero-order valence-electron chi connectivity index (χ0n) is 16.0. The minimum absolute atomic E-state index is 0.105. The van der Waals surface area contributed by atoms with E-state index in [4.69, 9.17) is 4.74 Å². The Hall–Kier alpha value is -2.55. The highest BCUT2D eigenvalue weighted by atomic mass is 16.6. The summed E-state index contributed by atoms with van der Waals surface area (Å²) in [6.07, 6.45) is 6.91. The van der Waals surface area contributed by atoms with E-state index in [1.165, 1.54) is 22.3 Å². The molecule has 0 spiro atoms. The van der Waals surface area contributed by atoms with Crippen LogP contribution in [0.4, 0.5) is 4.79 Å². The molecular weight excluding hydrogens is 334 g/mol. The maximum Gasteiger partial charge on any atom is 0.410 e. The van der Waals surface area contributed by atoms with Crippen molar-refractivity contribution in [2.45, 2.75) is 43.6 Å². The van der Waals surface area contributed by atoms with Gasteiger partial charge in [-0.1, -0.05) is 67.4 Å². The fraction of sp³-hybridized carbons (Fsp3) is 0.375. The van der Waals surface area contributed by atoms with E-state index in [2.05, 4.69) is 55.1 Å². The zero-order valence-corrected chi connectivity index (χ0v) is 16.0. The van der Waals surface area contributed by atoms with Crippen LogP contribution in [0.15, 0.2) is 61.2 Å². The molecule has 0 atom stereocenters. The van der Waals surface area contributed by atoms with Crippen LogP contribution in [0.25, 0.3) is 11.1 Å². The van der Waals surface area contributed by atoms with E-state index in [1.54, 1.807) is 0 Å². The molecule has 140 valence electrons. The molecule has 2 aromatic carbocycles. The molecule has 0 N–H and O–H groups in total. The summed E-state index contributed by atoms with van der Waals surface area (Å²) in [4.78, 5) is 14.7. The van der Waals surface area contributed by atoms with Gasteiger partial charge in [-0.2, -0.15) is 0 Å². The first kappa shape index (κ1) is 17.8. The van der Waals surface area contributed by atoms with Crippen molar-refractivity contribution in [2.24, 2.45) is 0 Å². The van der Waals surface area contributed by atoms with Gasteiger partial charge < -0.3 is 9.64 Å². The molecule has 1 saturated carbocycles. The van der Waals surface area contributed by atoms with Gasteiger partial charge in [-0.3, -0.25) is 0 Å². The summed E-state index contributed by atoms with van der Waals surface area (Å²) in [5.41, 5.74) is 4.87. The number of nitrogens with zero attached hydrogens (tertiary/aromatic N) is 1. The Bertz CT molecular complexity index is 805. The molecule has 4 rings (SSSR count). The van der Waals surface area contributed by atoms with Crippen LogP contribution in [0.1, 0.15) is 49.1 Å². The van der Waals surface area contributed by atoms with Gasteiger partial charge in [0.15, 0.2) is 0 Å². The van der Waals surface area contributed by atoms with Gasteiger partial charge in [-0.25, -0.2) is 4.79 Å². The average Bonchev–Trinajstić information content (AvgIpc) is 3.30. The number of amides is 1. The number of hydrogen-bond acceptors (Lipinski definition) is 2. The van der Waals surface area contributed by atoms with Crippen LogP contribution in [0.2, 0.25) is 0 Å². The van der Waals surface area contributed by atoms with Crippen molar-refractivity contribution in [3.05, 3.63) is 72.3 Å². The molecule has 2 aromatic rings. The maximum atomic E-state index is 12.9. The first-order valence-corrected chi connectivity index (χ1v) is 9.86. The lowest BCUT2D eigenvalue weighted by atomic mass is 9.92. The minimum Gasteiger partial charge on any atom is -0.448 e. The van der Waals surface area contributed by atoms with Crippen LogP contribution in [0.3, 0.4) is 0 Å². The zero-order chi connectivity index (χ0) is 18.9. The molecule has 0 heterocycles. The molecule has 0 aliphatic heterocycles. The molecule has 0 unspecified atom stereocenters. The summed E-state index contributed by atoms with van der Waals surface area (Å²) in [7, 11) is 1.88. The van der Waals surface area contributed by atoms with E-state index >= 15 is 0 Å². The molecule has 0 saturated heterocycles. The second kappa shape index (κ2) is 7.22. The highest BCUT2D eigenvalue weighted by Gasteiger charge is 2.40. The SMILES string of the molecule is C=CCC1(N(C)C(=O)OCC2c3ccccc3-c3ccccc32)CCCC1. The highest BCUT2D eigenvalue weighted by Crippen LogP contribution is 2.45. The third-order valence-corrected chi connectivity index (χ3v) is 6.38. The van der Waals surface area contributed by atoms with Crippen molar-refractivity contribution in [1.29, 1.82) is 0 Å². The summed E-state index contributed by atoms with van der Waals surface area (Å²) in [6.45, 7) is 4.27. The van der Waals surface area contributed by atoms with Crippen molar-refractivity contribution < 1.29 is 9.53 Å². The van der Waals surface area contributed by atoms with Crippen molar-refractivity contribution >= 4 is 6.09 Å². The quantitative estimate of drug-likeness (QED) is 0.634. The highest BCUT2D eigenvalue weighted by molar-refractivity contribution is 5.79. The Morgan fingerprint density at radius 3 is 2.22 bits per heavy atom. The van der Waals surface area contributed by atoms with Gasteiger partial charge in [0, 0.05) is 18.5 Å². The van der Waals surface area contributed by atoms with E-state index in [0.29, 0.717) is 6.61 Å². The smallest absolute Gasteiger partial charge is 0.410 e. The van der Waals surface area contributed by atoms with Gasteiger partial charge in [-0.05, 0) is 41.5 Å². The Morgan fingerprint density at radius 1 is 1.11 bits per heavy atom. The molecular formula is C24H27NO2. The van der Waals surface area contributed by atoms with E-state index in [-0.39, 0.29) is 17.6 Å². The second-order valence-corrected chi connectivity index (χ2v) is 7.79. The van der Waals surface area contributed by atoms with Crippen LogP contribution in [0.5, 0.6) is 0 Å². The lowest BCUT2D eigenvalue weighted by molar-refractivity contribution is 0.0642. The standard InChI is InChI=1S/C24H27NO2/c1-3-14-24(15-8-9-16-24)25(2)23(26)27-17-22-20-12-6-4-10-18(20)19-11-5-7-13-21(19)22/h3-7,10-13,22H,1,8-9,14-17H2,2H3. The lowest BCUT2D eigenvalue weighted by Crippen LogP contribution is -2.47. The van der Waals surface area contributed by atoms with Crippen molar-refractivity contribution in [3.8, 4) is 11.1 Å². The number of rotatable bonds is 5. The van der Waals surface area contributed by atoms with E-state index in [9.17, 15) is 4.79 Å². The van der Waals surface area contributed by atoms with Crippen LogP contribution in [0, 0.1) is 0 Å². The van der Waals surface area contributed by atoms with E-state index in [0.717, 1.165) is 32.1 Å². The van der Waals surface area contributed by atoms with Crippen LogP contribution >= 0.6 is 0 Å². The third-order valence-electron chi connectivity index (χ3n) is 6.38. The van der Waals surface area contributed by atoms with Gasteiger partial charge in [0.1, 0.15) is 6.61 Å². The molecule has 2 aliphatic carbocycles. The summed E-state index contributed by atoms with van der Waals surface area (Å²) in [5, 5.41) is 0. The van der Waals surface area contributed by atoms with Gasteiger partial charge in [0.2, 0.25) is 0 Å². The number of ether oxygens (including phenoxy) is 1.